The number of nitrogens with zero attached hydrogens (tertiary/aromatic N) is 1. The van der Waals surface area contributed by atoms with Crippen molar-refractivity contribution < 1.29 is 14.3 Å². The van der Waals surface area contributed by atoms with Gasteiger partial charge in [-0.15, -0.1) is 0 Å². The number of ether oxygens (including phenoxy) is 1. The molecule has 0 spiro atoms. The second-order valence-corrected chi connectivity index (χ2v) is 5.52. The van der Waals surface area contributed by atoms with Crippen LogP contribution in [-0.2, 0) is 14.3 Å². The van der Waals surface area contributed by atoms with Gasteiger partial charge in [0.15, 0.2) is 0 Å². The highest BCUT2D eigenvalue weighted by Crippen LogP contribution is 2.51. The average Bonchev–Trinajstić information content (AvgIpc) is 2.97. The lowest BCUT2D eigenvalue weighted by Gasteiger charge is -2.14. The number of rotatable bonds is 6. The number of hydrogen-bond acceptors (Lipinski definition) is 4. The van der Waals surface area contributed by atoms with Gasteiger partial charge in [0.25, 0.3) is 0 Å². The van der Waals surface area contributed by atoms with Crippen molar-refractivity contribution in [1.29, 1.82) is 0 Å². The maximum atomic E-state index is 11.3. The van der Waals surface area contributed by atoms with Crippen molar-refractivity contribution in [3.05, 3.63) is 0 Å². The molecule has 1 rings (SSSR count). The second-order valence-electron chi connectivity index (χ2n) is 4.53. The highest BCUT2D eigenvalue weighted by Gasteiger charge is 2.44. The van der Waals surface area contributed by atoms with E-state index in [4.69, 9.17) is 0 Å². The summed E-state index contributed by atoms with van der Waals surface area (Å²) in [5.41, 5.74) is 0.115. The number of carbonyl (C=O) groups excluding carboxylic acids is 2. The first-order valence-corrected chi connectivity index (χ1v) is 6.49. The van der Waals surface area contributed by atoms with E-state index in [1.165, 1.54) is 7.11 Å². The molecular formula is C11H19NO3S. The zero-order valence-electron chi connectivity index (χ0n) is 10.1. The molecule has 92 valence electrons. The van der Waals surface area contributed by atoms with E-state index in [1.54, 1.807) is 30.8 Å². The Hall–Kier alpha value is -0.710. The summed E-state index contributed by atoms with van der Waals surface area (Å²) in [6, 6.07) is 0. The number of thioether (sulfide) groups is 1. The maximum absolute atomic E-state index is 11.3. The van der Waals surface area contributed by atoms with E-state index in [0.717, 1.165) is 18.6 Å². The van der Waals surface area contributed by atoms with Gasteiger partial charge < -0.3 is 9.64 Å². The standard InChI is InChI=1S/C11H19NO3S/c1-12(2)9(13)7-16-8-11(4-5-11)6-10(14)15-3/h4-8H2,1-3H3. The second kappa shape index (κ2) is 5.57. The molecule has 1 fully saturated rings. The summed E-state index contributed by atoms with van der Waals surface area (Å²) in [5.74, 6) is 1.35. The van der Waals surface area contributed by atoms with Gasteiger partial charge in [0.1, 0.15) is 0 Å². The third kappa shape index (κ3) is 4.04. The molecule has 0 bridgehead atoms. The number of amides is 1. The zero-order valence-corrected chi connectivity index (χ0v) is 10.9. The normalized spacial score (nSPS) is 16.7. The predicted molar refractivity (Wildman–Crippen MR) is 64.3 cm³/mol. The number of carbonyl (C=O) groups is 2. The zero-order chi connectivity index (χ0) is 12.2. The van der Waals surface area contributed by atoms with Gasteiger partial charge in [-0.25, -0.2) is 0 Å². The number of methoxy groups -OCH3 is 1. The van der Waals surface area contributed by atoms with E-state index in [-0.39, 0.29) is 17.3 Å². The van der Waals surface area contributed by atoms with Crippen LogP contribution in [0.15, 0.2) is 0 Å². The fourth-order valence-corrected chi connectivity index (χ4v) is 2.77. The highest BCUT2D eigenvalue weighted by molar-refractivity contribution is 7.99. The van der Waals surface area contributed by atoms with Crippen LogP contribution in [0.4, 0.5) is 0 Å². The molecule has 0 aromatic rings. The average molecular weight is 245 g/mol. The van der Waals surface area contributed by atoms with Crippen LogP contribution in [0.5, 0.6) is 0 Å². The van der Waals surface area contributed by atoms with Crippen molar-refractivity contribution in [3.63, 3.8) is 0 Å². The molecule has 0 N–H and O–H groups in total. The third-order valence-electron chi connectivity index (χ3n) is 2.84. The first kappa shape index (κ1) is 13.4. The van der Waals surface area contributed by atoms with Crippen LogP contribution >= 0.6 is 11.8 Å². The molecule has 0 atom stereocenters. The van der Waals surface area contributed by atoms with E-state index in [1.807, 2.05) is 0 Å². The molecule has 0 saturated heterocycles. The Morgan fingerprint density at radius 3 is 2.44 bits per heavy atom. The van der Waals surface area contributed by atoms with E-state index in [2.05, 4.69) is 4.74 Å². The molecule has 1 saturated carbocycles. The van der Waals surface area contributed by atoms with Crippen LogP contribution in [-0.4, -0.2) is 49.5 Å². The van der Waals surface area contributed by atoms with E-state index < -0.39 is 0 Å². The smallest absolute Gasteiger partial charge is 0.306 e. The minimum absolute atomic E-state index is 0.115. The van der Waals surface area contributed by atoms with Crippen LogP contribution in [0.2, 0.25) is 0 Å². The van der Waals surface area contributed by atoms with Crippen LogP contribution in [0.3, 0.4) is 0 Å². The lowest BCUT2D eigenvalue weighted by Crippen LogP contribution is -2.24. The molecule has 0 heterocycles. The predicted octanol–water partition coefficient (Wildman–Crippen LogP) is 1.15. The van der Waals surface area contributed by atoms with E-state index >= 15 is 0 Å². The SMILES string of the molecule is COC(=O)CC1(CSCC(=O)N(C)C)CC1. The minimum Gasteiger partial charge on any atom is -0.469 e. The molecule has 1 amide bonds. The first-order valence-electron chi connectivity index (χ1n) is 5.34. The van der Waals surface area contributed by atoms with Crippen LogP contribution in [0.25, 0.3) is 0 Å². The Balaban J connectivity index is 2.22. The Kier molecular flexibility index (Phi) is 4.65. The van der Waals surface area contributed by atoms with E-state index in [9.17, 15) is 9.59 Å². The quantitative estimate of drug-likeness (QED) is 0.659. The van der Waals surface area contributed by atoms with Crippen molar-refractivity contribution in [1.82, 2.24) is 4.90 Å². The molecular weight excluding hydrogens is 226 g/mol. The fraction of sp³-hybridized carbons (Fsp3) is 0.818. The summed E-state index contributed by atoms with van der Waals surface area (Å²) in [6.45, 7) is 0. The Labute approximate surface area is 101 Å². The van der Waals surface area contributed by atoms with Crippen molar-refractivity contribution in [2.45, 2.75) is 19.3 Å². The highest BCUT2D eigenvalue weighted by atomic mass is 32.2. The van der Waals surface area contributed by atoms with Crippen LogP contribution in [0.1, 0.15) is 19.3 Å². The van der Waals surface area contributed by atoms with Gasteiger partial charge in [-0.1, -0.05) is 0 Å². The van der Waals surface area contributed by atoms with Gasteiger partial charge in [-0.3, -0.25) is 9.59 Å². The van der Waals surface area contributed by atoms with Crippen molar-refractivity contribution in [2.75, 3.05) is 32.7 Å². The van der Waals surface area contributed by atoms with Gasteiger partial charge >= 0.3 is 5.97 Å². The minimum atomic E-state index is -0.142. The fourth-order valence-electron chi connectivity index (χ4n) is 1.41. The lowest BCUT2D eigenvalue weighted by atomic mass is 10.1. The van der Waals surface area contributed by atoms with Gasteiger partial charge in [-0.2, -0.15) is 11.8 Å². The molecule has 1 aliphatic carbocycles. The van der Waals surface area contributed by atoms with Gasteiger partial charge in [0.05, 0.1) is 19.3 Å². The Morgan fingerprint density at radius 1 is 1.38 bits per heavy atom. The molecule has 0 aromatic carbocycles. The summed E-state index contributed by atoms with van der Waals surface area (Å²) >= 11 is 1.61. The van der Waals surface area contributed by atoms with E-state index in [0.29, 0.717) is 12.2 Å². The number of esters is 1. The largest absolute Gasteiger partial charge is 0.469 e. The summed E-state index contributed by atoms with van der Waals surface area (Å²) < 4.78 is 4.67. The van der Waals surface area contributed by atoms with Crippen LogP contribution < -0.4 is 0 Å². The molecule has 16 heavy (non-hydrogen) atoms. The van der Waals surface area contributed by atoms with Gasteiger partial charge in [0.2, 0.25) is 5.91 Å². The summed E-state index contributed by atoms with van der Waals surface area (Å²) in [4.78, 5) is 24.1. The summed E-state index contributed by atoms with van der Waals surface area (Å²) in [6.07, 6.45) is 2.64. The Morgan fingerprint density at radius 2 is 2.00 bits per heavy atom. The van der Waals surface area contributed by atoms with Gasteiger partial charge in [0, 0.05) is 14.1 Å². The molecule has 0 aliphatic heterocycles. The maximum Gasteiger partial charge on any atom is 0.306 e. The molecule has 4 nitrogen and oxygen atoms in total. The molecule has 1 aliphatic rings. The topological polar surface area (TPSA) is 46.6 Å². The van der Waals surface area contributed by atoms with Crippen LogP contribution in [0, 0.1) is 5.41 Å². The summed E-state index contributed by atoms with van der Waals surface area (Å²) in [7, 11) is 4.93. The monoisotopic (exact) mass is 245 g/mol. The van der Waals surface area contributed by atoms with Crippen molar-refractivity contribution in [3.8, 4) is 0 Å². The van der Waals surface area contributed by atoms with Crippen molar-refractivity contribution >= 4 is 23.6 Å². The molecule has 0 aromatic heterocycles. The Bertz CT molecular complexity index is 274. The van der Waals surface area contributed by atoms with Gasteiger partial charge in [-0.05, 0) is 24.0 Å². The third-order valence-corrected chi connectivity index (χ3v) is 4.10. The first-order chi connectivity index (χ1) is 7.49. The molecule has 0 radical (unpaired) electrons. The molecule has 5 heteroatoms. The molecule has 0 unspecified atom stereocenters. The number of hydrogen-bond donors (Lipinski definition) is 0. The summed E-state index contributed by atoms with van der Waals surface area (Å²) in [5, 5.41) is 0. The van der Waals surface area contributed by atoms with Crippen molar-refractivity contribution in [2.24, 2.45) is 5.41 Å². The lowest BCUT2D eigenvalue weighted by molar-refractivity contribution is -0.141.